The van der Waals surface area contributed by atoms with Gasteiger partial charge in [0.25, 0.3) is 0 Å². The van der Waals surface area contributed by atoms with Gasteiger partial charge in [-0.25, -0.2) is 4.79 Å². The van der Waals surface area contributed by atoms with Crippen LogP contribution in [0, 0.1) is 11.8 Å². The molecule has 1 aromatic carbocycles. The predicted octanol–water partition coefficient (Wildman–Crippen LogP) is 4.76. The smallest absolute Gasteiger partial charge is 0.390 e. The van der Waals surface area contributed by atoms with Gasteiger partial charge in [0, 0.05) is 38.4 Å². The topological polar surface area (TPSA) is 80.6 Å². The third-order valence-electron chi connectivity index (χ3n) is 8.68. The van der Waals surface area contributed by atoms with Crippen molar-refractivity contribution in [3.63, 3.8) is 0 Å². The summed E-state index contributed by atoms with van der Waals surface area (Å²) in [6, 6.07) is 8.46. The van der Waals surface area contributed by atoms with Crippen LogP contribution < -0.4 is 5.69 Å². The molecule has 218 valence electrons. The minimum Gasteiger partial charge on any atom is -0.390 e. The molecule has 2 fully saturated rings. The molecule has 11 heteroatoms. The summed E-state index contributed by atoms with van der Waals surface area (Å²) in [5, 5.41) is 18.8. The van der Waals surface area contributed by atoms with Crippen LogP contribution in [0.15, 0.2) is 53.8 Å². The summed E-state index contributed by atoms with van der Waals surface area (Å²) in [6.45, 7) is 5.97. The summed E-state index contributed by atoms with van der Waals surface area (Å²) in [7, 11) is 1.86. The first-order valence-electron chi connectivity index (χ1n) is 14.1. The van der Waals surface area contributed by atoms with E-state index in [0.29, 0.717) is 36.6 Å². The van der Waals surface area contributed by atoms with Crippen LogP contribution in [-0.4, -0.2) is 52.4 Å². The van der Waals surface area contributed by atoms with E-state index >= 15 is 0 Å². The lowest BCUT2D eigenvalue weighted by molar-refractivity contribution is -0.136. The number of benzene rings is 1. The van der Waals surface area contributed by atoms with E-state index in [-0.39, 0.29) is 17.4 Å². The van der Waals surface area contributed by atoms with Crippen molar-refractivity contribution in [1.29, 1.82) is 0 Å². The number of rotatable bonds is 6. The van der Waals surface area contributed by atoms with Crippen molar-refractivity contribution in [2.24, 2.45) is 18.9 Å². The molecule has 41 heavy (non-hydrogen) atoms. The Morgan fingerprint density at radius 2 is 1.98 bits per heavy atom. The van der Waals surface area contributed by atoms with Crippen molar-refractivity contribution in [2.45, 2.75) is 63.8 Å². The maximum absolute atomic E-state index is 14.3. The zero-order chi connectivity index (χ0) is 29.1. The van der Waals surface area contributed by atoms with Crippen LogP contribution >= 0.6 is 0 Å². The molecule has 3 aromatic heterocycles. The van der Waals surface area contributed by atoms with E-state index in [0.717, 1.165) is 41.7 Å². The lowest BCUT2D eigenvalue weighted by Gasteiger charge is -2.44. The monoisotopic (exact) mass is 568 g/mol. The maximum atomic E-state index is 14.3. The van der Waals surface area contributed by atoms with Gasteiger partial charge < -0.3 is 9.67 Å². The average Bonchev–Trinajstić information content (AvgIpc) is 3.45. The molecule has 1 aliphatic carbocycles. The Kier molecular flexibility index (Phi) is 6.85. The zero-order valence-corrected chi connectivity index (χ0v) is 23.5. The lowest BCUT2D eigenvalue weighted by atomic mass is 9.64. The fourth-order valence-corrected chi connectivity index (χ4v) is 6.81. The largest absolute Gasteiger partial charge is 0.418 e. The molecule has 2 atom stereocenters. The Morgan fingerprint density at radius 3 is 2.63 bits per heavy atom. The van der Waals surface area contributed by atoms with Gasteiger partial charge in [-0.2, -0.15) is 13.2 Å². The highest BCUT2D eigenvalue weighted by atomic mass is 19.4. The van der Waals surface area contributed by atoms with E-state index in [1.807, 2.05) is 23.7 Å². The minimum absolute atomic E-state index is 0.102. The van der Waals surface area contributed by atoms with Crippen molar-refractivity contribution in [1.82, 2.24) is 28.6 Å². The van der Waals surface area contributed by atoms with Gasteiger partial charge in [-0.1, -0.05) is 19.1 Å². The first-order valence-corrected chi connectivity index (χ1v) is 14.1. The van der Waals surface area contributed by atoms with Gasteiger partial charge in [-0.3, -0.25) is 13.9 Å². The first-order chi connectivity index (χ1) is 19.4. The molecular formula is C30H35F3N6O2. The number of aryl methyl sites for hydroxylation is 1. The van der Waals surface area contributed by atoms with Gasteiger partial charge >= 0.3 is 11.9 Å². The van der Waals surface area contributed by atoms with E-state index in [2.05, 4.69) is 22.0 Å². The van der Waals surface area contributed by atoms with Gasteiger partial charge in [0.15, 0.2) is 0 Å². The number of aliphatic hydroxyl groups is 1. The fourth-order valence-electron chi connectivity index (χ4n) is 6.81. The molecular weight excluding hydrogens is 533 g/mol. The number of hydrogen-bond donors (Lipinski definition) is 1. The van der Waals surface area contributed by atoms with Crippen molar-refractivity contribution in [3.05, 3.63) is 82.1 Å². The molecule has 4 aromatic rings. The molecule has 4 heterocycles. The number of imidazole rings is 1. The standard InChI is InChI=1S/C30H35F3N6O2/c1-19-6-5-9-37(14-19)15-20-10-24(30(31,32)33)25-17-38(28(40)39(25)16-20)23-8-4-7-21(11-23)26(22-12-29(2,41)13-22)27-35-34-18-36(27)3/h4,7-8,10-11,16-19,22,26,41H,5-6,9,12-15H2,1-3H3/t19-,22?,26+,29?/m0/s1. The molecule has 1 aliphatic heterocycles. The normalized spacial score (nSPS) is 24.5. The second kappa shape index (κ2) is 10.1. The predicted molar refractivity (Wildman–Crippen MR) is 148 cm³/mol. The summed E-state index contributed by atoms with van der Waals surface area (Å²) in [6.07, 6.45) is 3.12. The van der Waals surface area contributed by atoms with Gasteiger partial charge in [-0.15, -0.1) is 10.2 Å². The minimum atomic E-state index is -4.62. The quantitative estimate of drug-likeness (QED) is 0.363. The number of alkyl halides is 3. The highest BCUT2D eigenvalue weighted by molar-refractivity contribution is 5.58. The van der Waals surface area contributed by atoms with Crippen LogP contribution in [0.5, 0.6) is 0 Å². The second-order valence-corrected chi connectivity index (χ2v) is 12.3. The van der Waals surface area contributed by atoms with Gasteiger partial charge in [0.1, 0.15) is 12.2 Å². The molecule has 0 unspecified atom stereocenters. The molecule has 1 saturated heterocycles. The number of likely N-dealkylation sites (tertiary alicyclic amines) is 1. The van der Waals surface area contributed by atoms with Crippen LogP contribution in [0.2, 0.25) is 0 Å². The number of aromatic nitrogens is 5. The van der Waals surface area contributed by atoms with Crippen LogP contribution in [0.25, 0.3) is 11.2 Å². The highest BCUT2D eigenvalue weighted by Crippen LogP contribution is 2.48. The van der Waals surface area contributed by atoms with E-state index in [1.54, 1.807) is 31.6 Å². The number of nitrogens with zero attached hydrogens (tertiary/aromatic N) is 6. The Hall–Kier alpha value is -3.44. The van der Waals surface area contributed by atoms with Crippen molar-refractivity contribution < 1.29 is 18.3 Å². The number of halogens is 3. The lowest BCUT2D eigenvalue weighted by Crippen LogP contribution is -2.44. The first kappa shape index (κ1) is 27.7. The maximum Gasteiger partial charge on any atom is 0.418 e. The third kappa shape index (κ3) is 5.32. The zero-order valence-electron chi connectivity index (χ0n) is 23.5. The summed E-state index contributed by atoms with van der Waals surface area (Å²) >= 11 is 0. The van der Waals surface area contributed by atoms with E-state index in [9.17, 15) is 23.1 Å². The molecule has 1 N–H and O–H groups in total. The highest BCUT2D eigenvalue weighted by Gasteiger charge is 2.45. The molecule has 0 radical (unpaired) electrons. The molecule has 8 nitrogen and oxygen atoms in total. The molecule has 0 bridgehead atoms. The molecule has 0 amide bonds. The Bertz CT molecular complexity index is 1630. The summed E-state index contributed by atoms with van der Waals surface area (Å²) in [4.78, 5) is 15.8. The van der Waals surface area contributed by atoms with Gasteiger partial charge in [0.2, 0.25) is 0 Å². The molecule has 2 aliphatic rings. The van der Waals surface area contributed by atoms with Gasteiger partial charge in [0.05, 0.1) is 22.4 Å². The average molecular weight is 569 g/mol. The van der Waals surface area contributed by atoms with Crippen LogP contribution in [0.1, 0.15) is 68.0 Å². The van der Waals surface area contributed by atoms with Crippen molar-refractivity contribution in [3.8, 4) is 5.69 Å². The van der Waals surface area contributed by atoms with Crippen LogP contribution in [0.3, 0.4) is 0 Å². The summed E-state index contributed by atoms with van der Waals surface area (Å²) in [5.41, 5.74) is -0.519. The third-order valence-corrected chi connectivity index (χ3v) is 8.68. The van der Waals surface area contributed by atoms with Crippen molar-refractivity contribution in [2.75, 3.05) is 13.1 Å². The molecule has 6 rings (SSSR count). The molecule has 1 saturated carbocycles. The summed E-state index contributed by atoms with van der Waals surface area (Å²) < 4.78 is 47.1. The van der Waals surface area contributed by atoms with Crippen LogP contribution in [0.4, 0.5) is 13.2 Å². The second-order valence-electron chi connectivity index (χ2n) is 12.3. The Labute approximate surface area is 236 Å². The number of piperidine rings is 1. The Morgan fingerprint density at radius 1 is 1.20 bits per heavy atom. The number of hydrogen-bond acceptors (Lipinski definition) is 5. The van der Waals surface area contributed by atoms with E-state index in [1.165, 1.54) is 16.8 Å². The number of pyridine rings is 1. The Balaban J connectivity index is 1.42. The SMILES string of the molecule is C[C@H]1CCCN(Cc2cc(C(F)(F)F)c3cn(-c4cccc([C@@H](c5nncn5C)C5CC(C)(O)C5)c4)c(=O)n3c2)C1. The van der Waals surface area contributed by atoms with E-state index in [4.69, 9.17) is 0 Å². The fraction of sp³-hybridized carbons (Fsp3) is 0.500. The van der Waals surface area contributed by atoms with Gasteiger partial charge in [-0.05, 0) is 80.3 Å². The summed E-state index contributed by atoms with van der Waals surface area (Å²) in [5.74, 6) is 1.12. The van der Waals surface area contributed by atoms with E-state index < -0.39 is 23.0 Å². The molecule has 0 spiro atoms. The van der Waals surface area contributed by atoms with Crippen molar-refractivity contribution >= 4 is 5.52 Å². The number of fused-ring (bicyclic) bond motifs is 1. The van der Waals surface area contributed by atoms with Crippen LogP contribution in [-0.2, 0) is 19.8 Å².